The minimum Gasteiger partial charge on any atom is -0.488 e. The first-order chi connectivity index (χ1) is 21.9. The van der Waals surface area contributed by atoms with Crippen LogP contribution in [0.3, 0.4) is 0 Å². The van der Waals surface area contributed by atoms with Crippen LogP contribution in [0.1, 0.15) is 56.4 Å². The summed E-state index contributed by atoms with van der Waals surface area (Å²) in [6.07, 6.45) is 2.95. The van der Waals surface area contributed by atoms with Crippen molar-refractivity contribution in [3.8, 4) is 11.7 Å². The second-order valence-electron chi connectivity index (χ2n) is 9.52. The van der Waals surface area contributed by atoms with Gasteiger partial charge in [0.05, 0.1) is 37.6 Å². The van der Waals surface area contributed by atoms with E-state index in [1.807, 2.05) is 30.3 Å². The van der Waals surface area contributed by atoms with Gasteiger partial charge >= 0.3 is 23.9 Å². The summed E-state index contributed by atoms with van der Waals surface area (Å²) in [5.74, 6) is -6.12. The van der Waals surface area contributed by atoms with Crippen LogP contribution < -0.4 is 4.74 Å². The summed E-state index contributed by atoms with van der Waals surface area (Å²) >= 11 is 0. The molecule has 2 aromatic heterocycles. The van der Waals surface area contributed by atoms with Gasteiger partial charge in [-0.1, -0.05) is 36.4 Å². The van der Waals surface area contributed by atoms with Gasteiger partial charge in [-0.25, -0.2) is 9.97 Å². The second kappa shape index (κ2) is 15.5. The molecule has 4 rings (SSSR count). The maximum absolute atomic E-state index is 13.4. The number of carbonyl (C=O) groups is 4. The van der Waals surface area contributed by atoms with Crippen LogP contribution in [0.25, 0.3) is 16.9 Å². The fourth-order valence-corrected chi connectivity index (χ4v) is 4.86. The van der Waals surface area contributed by atoms with Crippen molar-refractivity contribution in [1.82, 2.24) is 14.5 Å². The Morgan fingerprint density at radius 3 is 1.76 bits per heavy atom. The minimum atomic E-state index is -1.57. The van der Waals surface area contributed by atoms with Crippen molar-refractivity contribution in [2.75, 3.05) is 26.4 Å². The summed E-state index contributed by atoms with van der Waals surface area (Å²) in [6, 6.07) is 15.8. The molecule has 12 heteroatoms. The second-order valence-corrected chi connectivity index (χ2v) is 9.52. The zero-order valence-electron chi connectivity index (χ0n) is 25.6. The number of hydrogen-bond donors (Lipinski definition) is 0. The van der Waals surface area contributed by atoms with E-state index in [-0.39, 0.29) is 55.8 Å². The van der Waals surface area contributed by atoms with Gasteiger partial charge in [-0.3, -0.25) is 23.7 Å². The van der Waals surface area contributed by atoms with Gasteiger partial charge in [0.25, 0.3) is 0 Å². The number of nitrogens with zero attached hydrogens (tertiary/aromatic N) is 3. The van der Waals surface area contributed by atoms with Crippen LogP contribution in [0, 0.1) is 0 Å². The predicted molar refractivity (Wildman–Crippen MR) is 162 cm³/mol. The molecular formula is C33H35N3O9. The number of carbonyl (C=O) groups excluding carboxylic acids is 4. The number of esters is 4. The first-order valence-corrected chi connectivity index (χ1v) is 14.6. The maximum atomic E-state index is 13.4. The van der Waals surface area contributed by atoms with E-state index in [1.54, 1.807) is 52.0 Å². The number of fused-ring (bicyclic) bond motifs is 1. The normalized spacial score (nSPS) is 11.0. The smallest absolute Gasteiger partial charge is 0.326 e. The zero-order chi connectivity index (χ0) is 32.3. The summed E-state index contributed by atoms with van der Waals surface area (Å²) < 4.78 is 28.8. The molecule has 2 aromatic carbocycles. The Bertz CT molecular complexity index is 1600. The van der Waals surface area contributed by atoms with Crippen molar-refractivity contribution >= 4 is 34.8 Å². The van der Waals surface area contributed by atoms with Crippen LogP contribution in [0.4, 0.5) is 0 Å². The molecule has 0 fully saturated rings. The van der Waals surface area contributed by atoms with Crippen LogP contribution in [0.5, 0.6) is 5.75 Å². The lowest BCUT2D eigenvalue weighted by Crippen LogP contribution is -2.29. The lowest BCUT2D eigenvalue weighted by molar-refractivity contribution is -0.159. The van der Waals surface area contributed by atoms with Gasteiger partial charge in [-0.05, 0) is 51.5 Å². The van der Waals surface area contributed by atoms with Crippen LogP contribution in [0.15, 0.2) is 67.0 Å². The van der Waals surface area contributed by atoms with Gasteiger partial charge in [-0.2, -0.15) is 0 Å². The van der Waals surface area contributed by atoms with Gasteiger partial charge in [0, 0.05) is 23.3 Å². The van der Waals surface area contributed by atoms with Crippen molar-refractivity contribution in [1.29, 1.82) is 0 Å². The van der Waals surface area contributed by atoms with E-state index in [4.69, 9.17) is 23.7 Å². The predicted octanol–water partition coefficient (Wildman–Crippen LogP) is 4.42. The van der Waals surface area contributed by atoms with E-state index in [2.05, 4.69) is 9.97 Å². The highest BCUT2D eigenvalue weighted by atomic mass is 16.6. The number of benzene rings is 2. The van der Waals surface area contributed by atoms with E-state index in [0.717, 1.165) is 5.56 Å². The molecule has 0 N–H and O–H groups in total. The lowest BCUT2D eigenvalue weighted by atomic mass is 9.96. The molecule has 0 aliphatic rings. The Hall–Kier alpha value is -5.26. The van der Waals surface area contributed by atoms with Crippen molar-refractivity contribution in [2.45, 2.75) is 46.1 Å². The third-order valence-corrected chi connectivity index (χ3v) is 6.67. The molecule has 0 saturated heterocycles. The summed E-state index contributed by atoms with van der Waals surface area (Å²) in [5.41, 5.74) is 1.36. The zero-order valence-corrected chi connectivity index (χ0v) is 25.6. The highest BCUT2D eigenvalue weighted by Gasteiger charge is 2.39. The SMILES string of the molecule is CCOC(=O)C(C(=O)OCC)c1ccc(OCc2ccccc2)c2cc(C(C(=O)OCC)C(=O)OCC)n(-c3ncccn3)c12. The van der Waals surface area contributed by atoms with Gasteiger partial charge in [0.2, 0.25) is 5.95 Å². The summed E-state index contributed by atoms with van der Waals surface area (Å²) in [7, 11) is 0. The van der Waals surface area contributed by atoms with E-state index in [9.17, 15) is 19.2 Å². The maximum Gasteiger partial charge on any atom is 0.326 e. The molecule has 45 heavy (non-hydrogen) atoms. The van der Waals surface area contributed by atoms with Gasteiger partial charge in [0.1, 0.15) is 12.4 Å². The summed E-state index contributed by atoms with van der Waals surface area (Å²) in [5, 5.41) is 0.364. The fraction of sp³-hybridized carbons (Fsp3) is 0.333. The van der Waals surface area contributed by atoms with E-state index < -0.39 is 35.7 Å². The largest absolute Gasteiger partial charge is 0.488 e. The molecule has 0 aliphatic heterocycles. The molecule has 0 unspecified atom stereocenters. The number of ether oxygens (including phenoxy) is 5. The Morgan fingerprint density at radius 2 is 1.22 bits per heavy atom. The van der Waals surface area contributed by atoms with E-state index in [0.29, 0.717) is 11.1 Å². The third-order valence-electron chi connectivity index (χ3n) is 6.67. The van der Waals surface area contributed by atoms with Crippen molar-refractivity contribution in [2.24, 2.45) is 0 Å². The molecule has 0 bridgehead atoms. The topological polar surface area (TPSA) is 145 Å². The monoisotopic (exact) mass is 617 g/mol. The molecule has 0 atom stereocenters. The lowest BCUT2D eigenvalue weighted by Gasteiger charge is -2.20. The number of rotatable bonds is 14. The number of hydrogen-bond acceptors (Lipinski definition) is 11. The van der Waals surface area contributed by atoms with Crippen molar-refractivity contribution < 1.29 is 42.9 Å². The highest BCUT2D eigenvalue weighted by molar-refractivity contribution is 6.07. The molecule has 12 nitrogen and oxygen atoms in total. The molecule has 0 radical (unpaired) electrons. The first-order valence-electron chi connectivity index (χ1n) is 14.6. The van der Waals surface area contributed by atoms with E-state index >= 15 is 0 Å². The third kappa shape index (κ3) is 7.28. The molecular weight excluding hydrogens is 582 g/mol. The highest BCUT2D eigenvalue weighted by Crippen LogP contribution is 2.40. The molecule has 236 valence electrons. The number of aromatic nitrogens is 3. The Balaban J connectivity index is 2.09. The molecule has 2 heterocycles. The first kappa shape index (κ1) is 32.6. The fourth-order valence-electron chi connectivity index (χ4n) is 4.86. The van der Waals surface area contributed by atoms with Crippen LogP contribution in [0.2, 0.25) is 0 Å². The molecule has 0 amide bonds. The Kier molecular flexibility index (Phi) is 11.2. The van der Waals surface area contributed by atoms with Crippen molar-refractivity contribution in [3.63, 3.8) is 0 Å². The summed E-state index contributed by atoms with van der Waals surface area (Å²) in [6.45, 7) is 6.69. The summed E-state index contributed by atoms with van der Waals surface area (Å²) in [4.78, 5) is 62.2. The standard InChI is InChI=1S/C33H35N3O9/c1-5-41-29(37)26(30(38)42-6-2)22-15-16-25(45-20-21-13-10-9-11-14-21)23-19-24(27(31(39)43-7-3)32(40)44-8-4)36(28(22)23)33-34-17-12-18-35-33/h9-19,26-27H,5-8,20H2,1-4H3. The van der Waals surface area contributed by atoms with E-state index in [1.165, 1.54) is 17.0 Å². The quantitative estimate of drug-likeness (QED) is 0.113. The van der Waals surface area contributed by atoms with Crippen molar-refractivity contribution in [3.05, 3.63) is 83.8 Å². The molecule has 0 saturated carbocycles. The average molecular weight is 618 g/mol. The Labute approximate surface area is 260 Å². The molecule has 4 aromatic rings. The minimum absolute atomic E-state index is 0.00127. The van der Waals surface area contributed by atoms with Crippen LogP contribution >= 0.6 is 0 Å². The van der Waals surface area contributed by atoms with Gasteiger partial charge in [0.15, 0.2) is 11.8 Å². The molecule has 0 aliphatic carbocycles. The Morgan fingerprint density at radius 1 is 0.689 bits per heavy atom. The van der Waals surface area contributed by atoms with Gasteiger partial charge < -0.3 is 23.7 Å². The average Bonchev–Trinajstić information content (AvgIpc) is 3.42. The van der Waals surface area contributed by atoms with Gasteiger partial charge in [-0.15, -0.1) is 0 Å². The van der Waals surface area contributed by atoms with Crippen LogP contribution in [-0.2, 0) is 44.7 Å². The van der Waals surface area contributed by atoms with Crippen LogP contribution in [-0.4, -0.2) is 64.8 Å². The molecule has 0 spiro atoms.